The van der Waals surface area contributed by atoms with Crippen LogP contribution in [0.1, 0.15) is 16.1 Å². The number of nitrogens with zero attached hydrogens (tertiary/aromatic N) is 4. The Morgan fingerprint density at radius 2 is 2.00 bits per heavy atom. The van der Waals surface area contributed by atoms with Crippen molar-refractivity contribution in [1.82, 2.24) is 19.8 Å². The number of thiophene rings is 1. The number of likely N-dealkylation sites (tertiary alicyclic amines) is 1. The Balaban J connectivity index is 1.52. The van der Waals surface area contributed by atoms with E-state index in [1.165, 1.54) is 41.9 Å². The molecule has 0 spiro atoms. The highest BCUT2D eigenvalue weighted by Gasteiger charge is 2.31. The lowest BCUT2D eigenvalue weighted by atomic mass is 10.2. The molecule has 1 aliphatic heterocycles. The molecule has 1 saturated heterocycles. The maximum absolute atomic E-state index is 12.9. The molecule has 1 amide bonds. The van der Waals surface area contributed by atoms with Crippen LogP contribution in [0.2, 0.25) is 0 Å². The van der Waals surface area contributed by atoms with Gasteiger partial charge in [0.1, 0.15) is 22.7 Å². The summed E-state index contributed by atoms with van der Waals surface area (Å²) in [7, 11) is 4.01. The molecular weight excluding hydrogens is 431 g/mol. The number of fused-ring (bicyclic) bond motifs is 1. The first-order valence-electron chi connectivity index (χ1n) is 9.53. The Kier molecular flexibility index (Phi) is 5.71. The Morgan fingerprint density at radius 1 is 1.26 bits per heavy atom. The summed E-state index contributed by atoms with van der Waals surface area (Å²) in [6, 6.07) is 7.45. The molecule has 0 radical (unpaired) electrons. The van der Waals surface area contributed by atoms with E-state index < -0.39 is 6.36 Å². The third-order valence-corrected chi connectivity index (χ3v) is 6.10. The van der Waals surface area contributed by atoms with Crippen molar-refractivity contribution in [2.75, 3.05) is 32.5 Å². The van der Waals surface area contributed by atoms with Crippen LogP contribution in [0, 0.1) is 0 Å². The minimum absolute atomic E-state index is 0.0352. The minimum Gasteiger partial charge on any atom is -0.406 e. The predicted molar refractivity (Wildman–Crippen MR) is 112 cm³/mol. The zero-order chi connectivity index (χ0) is 22.2. The topological polar surface area (TPSA) is 70.6 Å². The number of rotatable bonds is 5. The molecule has 3 heterocycles. The summed E-state index contributed by atoms with van der Waals surface area (Å²) >= 11 is 1.29. The van der Waals surface area contributed by atoms with E-state index in [2.05, 4.69) is 24.9 Å². The smallest absolute Gasteiger partial charge is 0.406 e. The highest BCUT2D eigenvalue weighted by Crippen LogP contribution is 2.32. The SMILES string of the molecule is CN(C)C1CCN(C(=O)c2cc3c(Nc4ccc(OC(F)(F)F)cc4)ncnc3s2)C1. The van der Waals surface area contributed by atoms with Crippen molar-refractivity contribution < 1.29 is 22.7 Å². The van der Waals surface area contributed by atoms with Crippen LogP contribution in [0.15, 0.2) is 36.7 Å². The quantitative estimate of drug-likeness (QED) is 0.630. The monoisotopic (exact) mass is 451 g/mol. The normalized spacial score (nSPS) is 16.8. The molecule has 1 unspecified atom stereocenters. The van der Waals surface area contributed by atoms with Crippen LogP contribution >= 0.6 is 11.3 Å². The third-order valence-electron chi connectivity index (χ3n) is 5.07. The van der Waals surface area contributed by atoms with Gasteiger partial charge in [-0.05, 0) is 50.8 Å². The number of amides is 1. The van der Waals surface area contributed by atoms with Gasteiger partial charge in [-0.2, -0.15) is 0 Å². The number of alkyl halides is 3. The number of carbonyl (C=O) groups is 1. The molecule has 1 aromatic carbocycles. The Hall–Kier alpha value is -2.92. The molecule has 2 aromatic heterocycles. The molecule has 7 nitrogen and oxygen atoms in total. The third kappa shape index (κ3) is 4.88. The van der Waals surface area contributed by atoms with Gasteiger partial charge in [-0.1, -0.05) is 0 Å². The molecule has 31 heavy (non-hydrogen) atoms. The molecule has 0 saturated carbocycles. The van der Waals surface area contributed by atoms with Crippen LogP contribution in [0.5, 0.6) is 5.75 Å². The summed E-state index contributed by atoms with van der Waals surface area (Å²) in [6.45, 7) is 1.39. The highest BCUT2D eigenvalue weighted by molar-refractivity contribution is 7.20. The molecule has 1 fully saturated rings. The number of hydrogen-bond acceptors (Lipinski definition) is 7. The van der Waals surface area contributed by atoms with Crippen molar-refractivity contribution in [2.24, 2.45) is 0 Å². The van der Waals surface area contributed by atoms with Crippen molar-refractivity contribution in [3.8, 4) is 5.75 Å². The van der Waals surface area contributed by atoms with Crippen molar-refractivity contribution in [1.29, 1.82) is 0 Å². The predicted octanol–water partition coefficient (Wildman–Crippen LogP) is 4.11. The number of carbonyl (C=O) groups excluding carboxylic acids is 1. The first-order chi connectivity index (χ1) is 14.7. The maximum atomic E-state index is 12.9. The van der Waals surface area contributed by atoms with E-state index in [4.69, 9.17) is 0 Å². The second-order valence-electron chi connectivity index (χ2n) is 7.41. The first kappa shape index (κ1) is 21.3. The number of ether oxygens (including phenoxy) is 1. The van der Waals surface area contributed by atoms with E-state index in [1.807, 2.05) is 19.0 Å². The largest absolute Gasteiger partial charge is 0.573 e. The number of anilines is 2. The first-order valence-corrected chi connectivity index (χ1v) is 10.3. The van der Waals surface area contributed by atoms with Crippen molar-refractivity contribution in [3.63, 3.8) is 0 Å². The highest BCUT2D eigenvalue weighted by atomic mass is 32.1. The van der Waals surface area contributed by atoms with Gasteiger partial charge in [0.2, 0.25) is 0 Å². The molecule has 1 N–H and O–H groups in total. The molecular formula is C20H20F3N5O2S. The van der Waals surface area contributed by atoms with Gasteiger partial charge in [-0.15, -0.1) is 24.5 Å². The van der Waals surface area contributed by atoms with E-state index in [-0.39, 0.29) is 11.7 Å². The van der Waals surface area contributed by atoms with E-state index in [9.17, 15) is 18.0 Å². The summed E-state index contributed by atoms with van der Waals surface area (Å²) in [6.07, 6.45) is -2.42. The zero-order valence-corrected chi connectivity index (χ0v) is 17.6. The number of benzene rings is 1. The van der Waals surface area contributed by atoms with Gasteiger partial charge in [0, 0.05) is 24.8 Å². The standard InChI is InChI=1S/C20H20F3N5O2S/c1-27(2)13-7-8-28(10-13)19(29)16-9-15-17(24-11-25-18(15)31-16)26-12-3-5-14(6-4-12)30-20(21,22)23/h3-6,9,11,13H,7-8,10H2,1-2H3,(H,24,25,26). The molecule has 4 rings (SSSR count). The van der Waals surface area contributed by atoms with E-state index in [1.54, 1.807) is 6.07 Å². The second-order valence-corrected chi connectivity index (χ2v) is 8.44. The van der Waals surface area contributed by atoms with E-state index in [0.29, 0.717) is 45.7 Å². The van der Waals surface area contributed by atoms with Crippen molar-refractivity contribution in [3.05, 3.63) is 41.5 Å². The number of aromatic nitrogens is 2. The second kappa shape index (κ2) is 8.31. The molecule has 3 aromatic rings. The fourth-order valence-electron chi connectivity index (χ4n) is 3.44. The molecule has 1 aliphatic rings. The summed E-state index contributed by atoms with van der Waals surface area (Å²) in [4.78, 5) is 26.6. The van der Waals surface area contributed by atoms with Gasteiger partial charge in [0.25, 0.3) is 5.91 Å². The number of halogens is 3. The van der Waals surface area contributed by atoms with Crippen LogP contribution < -0.4 is 10.1 Å². The summed E-state index contributed by atoms with van der Waals surface area (Å²) < 4.78 is 40.8. The van der Waals surface area contributed by atoms with Crippen LogP contribution in [0.4, 0.5) is 24.7 Å². The van der Waals surface area contributed by atoms with Crippen LogP contribution in [-0.4, -0.2) is 65.3 Å². The summed E-state index contributed by atoms with van der Waals surface area (Å²) in [5.74, 6) is 0.125. The summed E-state index contributed by atoms with van der Waals surface area (Å²) in [5.41, 5.74) is 0.530. The lowest BCUT2D eigenvalue weighted by Crippen LogP contribution is -2.34. The van der Waals surface area contributed by atoms with Crippen LogP contribution in [0.25, 0.3) is 10.2 Å². The molecule has 1 atom stereocenters. The van der Waals surface area contributed by atoms with Crippen molar-refractivity contribution >= 4 is 39.0 Å². The fraction of sp³-hybridized carbons (Fsp3) is 0.350. The molecule has 0 bridgehead atoms. The number of nitrogens with one attached hydrogen (secondary N) is 1. The fourth-order valence-corrected chi connectivity index (χ4v) is 4.41. The number of hydrogen-bond donors (Lipinski definition) is 1. The summed E-state index contributed by atoms with van der Waals surface area (Å²) in [5, 5.41) is 3.74. The Bertz CT molecular complexity index is 1080. The molecule has 0 aliphatic carbocycles. The zero-order valence-electron chi connectivity index (χ0n) is 16.8. The molecule has 11 heteroatoms. The van der Waals surface area contributed by atoms with Crippen LogP contribution in [-0.2, 0) is 0 Å². The average Bonchev–Trinajstić information content (AvgIpc) is 3.36. The lowest BCUT2D eigenvalue weighted by molar-refractivity contribution is -0.274. The van der Waals surface area contributed by atoms with Gasteiger partial charge in [0.05, 0.1) is 10.3 Å². The van der Waals surface area contributed by atoms with E-state index >= 15 is 0 Å². The van der Waals surface area contributed by atoms with Crippen LogP contribution in [0.3, 0.4) is 0 Å². The lowest BCUT2D eigenvalue weighted by Gasteiger charge is -2.19. The van der Waals surface area contributed by atoms with Gasteiger partial charge < -0.3 is 19.9 Å². The van der Waals surface area contributed by atoms with Gasteiger partial charge >= 0.3 is 6.36 Å². The minimum atomic E-state index is -4.74. The van der Waals surface area contributed by atoms with Gasteiger partial charge in [0.15, 0.2) is 0 Å². The Labute approximate surface area is 180 Å². The van der Waals surface area contributed by atoms with E-state index in [0.717, 1.165) is 6.42 Å². The Morgan fingerprint density at radius 3 is 2.65 bits per heavy atom. The van der Waals surface area contributed by atoms with Gasteiger partial charge in [-0.25, -0.2) is 9.97 Å². The maximum Gasteiger partial charge on any atom is 0.573 e. The average molecular weight is 451 g/mol. The molecule has 164 valence electrons. The number of likely N-dealkylation sites (N-methyl/N-ethyl adjacent to an activating group) is 1. The van der Waals surface area contributed by atoms with Gasteiger partial charge in [-0.3, -0.25) is 4.79 Å². The van der Waals surface area contributed by atoms with Crippen molar-refractivity contribution in [2.45, 2.75) is 18.8 Å².